The van der Waals surface area contributed by atoms with Gasteiger partial charge in [0.25, 0.3) is 5.91 Å². The van der Waals surface area contributed by atoms with Crippen molar-refractivity contribution in [3.05, 3.63) is 53.4 Å². The molecule has 3 fully saturated rings. The molecule has 180 valence electrons. The molecule has 3 aliphatic rings. The number of nitrogens with one attached hydrogen (secondary N) is 1. The molecule has 0 spiro atoms. The van der Waals surface area contributed by atoms with Gasteiger partial charge in [-0.25, -0.2) is 4.79 Å². The zero-order chi connectivity index (χ0) is 23.9. The fourth-order valence-corrected chi connectivity index (χ4v) is 5.95. The first kappa shape index (κ1) is 22.4. The minimum atomic E-state index is -0.718. The third-order valence-corrected chi connectivity index (χ3v) is 7.61. The lowest BCUT2D eigenvalue weighted by molar-refractivity contribution is -0.132. The molecule has 0 radical (unpaired) electrons. The molecule has 2 aromatic rings. The average molecular weight is 466 g/mol. The number of hydrogen-bond acceptors (Lipinski definition) is 5. The van der Waals surface area contributed by atoms with Crippen molar-refractivity contribution in [2.75, 3.05) is 33.2 Å². The van der Waals surface area contributed by atoms with Crippen molar-refractivity contribution in [1.82, 2.24) is 25.2 Å². The molecule has 3 aliphatic heterocycles. The third kappa shape index (κ3) is 3.82. The van der Waals surface area contributed by atoms with Crippen molar-refractivity contribution in [2.45, 2.75) is 44.7 Å². The molecule has 0 unspecified atom stereocenters. The first-order chi connectivity index (χ1) is 16.4. The molecule has 0 aliphatic carbocycles. The zero-order valence-corrected chi connectivity index (χ0v) is 19.7. The molecule has 0 saturated carbocycles. The van der Waals surface area contributed by atoms with Gasteiger partial charge in [0, 0.05) is 51.4 Å². The first-order valence-electron chi connectivity index (χ1n) is 12.0. The molecule has 3 saturated heterocycles. The molecule has 9 heteroatoms. The monoisotopic (exact) mass is 465 g/mol. The Morgan fingerprint density at radius 2 is 2.00 bits per heavy atom. The minimum Gasteiger partial charge on any atom is -0.361 e. The second-order valence-electron chi connectivity index (χ2n) is 9.75. The summed E-state index contributed by atoms with van der Waals surface area (Å²) < 4.78 is 5.14. The van der Waals surface area contributed by atoms with Gasteiger partial charge in [-0.2, -0.15) is 0 Å². The summed E-state index contributed by atoms with van der Waals surface area (Å²) in [5.41, 5.74) is 0.651. The van der Waals surface area contributed by atoms with Gasteiger partial charge in [-0.3, -0.25) is 9.59 Å². The van der Waals surface area contributed by atoms with Gasteiger partial charge in [-0.15, -0.1) is 0 Å². The number of aryl methyl sites for hydroxylation is 1. The van der Waals surface area contributed by atoms with Gasteiger partial charge < -0.3 is 24.5 Å². The highest BCUT2D eigenvalue weighted by Crippen LogP contribution is 2.52. The molecule has 34 heavy (non-hydrogen) atoms. The number of amides is 4. The SMILES string of the molecule is Cc1cc(C(=O)N2[C@@H]3CC[C@H]2[C@@](Cc2ccccc2)(C(=O)NCCN2CCN(C)C2=O)C3)no1. The molecule has 9 nitrogen and oxygen atoms in total. The quantitative estimate of drug-likeness (QED) is 0.675. The second-order valence-corrected chi connectivity index (χ2v) is 9.75. The zero-order valence-electron chi connectivity index (χ0n) is 19.7. The van der Waals surface area contributed by atoms with Gasteiger partial charge in [0.15, 0.2) is 5.69 Å². The van der Waals surface area contributed by atoms with Crippen LogP contribution in [0, 0.1) is 12.3 Å². The number of benzene rings is 1. The summed E-state index contributed by atoms with van der Waals surface area (Å²) in [6, 6.07) is 11.4. The van der Waals surface area contributed by atoms with Crippen molar-refractivity contribution in [3.63, 3.8) is 0 Å². The van der Waals surface area contributed by atoms with Gasteiger partial charge >= 0.3 is 6.03 Å². The highest BCUT2D eigenvalue weighted by atomic mass is 16.5. The van der Waals surface area contributed by atoms with Crippen LogP contribution >= 0.6 is 0 Å². The van der Waals surface area contributed by atoms with E-state index in [0.717, 1.165) is 18.4 Å². The summed E-state index contributed by atoms with van der Waals surface area (Å²) in [6.45, 7) is 4.00. The van der Waals surface area contributed by atoms with E-state index in [2.05, 4.69) is 10.5 Å². The Labute approximate surface area is 199 Å². The first-order valence-corrected chi connectivity index (χ1v) is 12.0. The fraction of sp³-hybridized carbons (Fsp3) is 0.520. The number of nitrogens with zero attached hydrogens (tertiary/aromatic N) is 4. The largest absolute Gasteiger partial charge is 0.361 e. The van der Waals surface area contributed by atoms with E-state index in [4.69, 9.17) is 4.52 Å². The summed E-state index contributed by atoms with van der Waals surface area (Å²) in [6.07, 6.45) is 2.84. The Morgan fingerprint density at radius 1 is 1.21 bits per heavy atom. The van der Waals surface area contributed by atoms with E-state index >= 15 is 0 Å². The van der Waals surface area contributed by atoms with E-state index < -0.39 is 5.41 Å². The van der Waals surface area contributed by atoms with E-state index in [1.807, 2.05) is 35.2 Å². The standard InChI is InChI=1S/C25H31N5O4/c1-17-14-20(27-34-17)22(31)30-19-8-9-21(30)25(16-19,15-18-6-4-3-5-7-18)23(32)26-10-11-29-13-12-28(2)24(29)33/h3-7,14,19,21H,8-13,15-16H2,1-2H3,(H,26,32)/t19-,21+,25+/m1/s1. The number of carbonyl (C=O) groups is 3. The number of likely N-dealkylation sites (N-methyl/N-ethyl adjacent to an activating group) is 1. The Kier molecular flexibility index (Phi) is 5.79. The molecule has 1 aromatic heterocycles. The normalized spacial score (nSPS) is 25.9. The maximum atomic E-state index is 13.8. The molecule has 4 heterocycles. The summed E-state index contributed by atoms with van der Waals surface area (Å²) >= 11 is 0. The van der Waals surface area contributed by atoms with Crippen LogP contribution in [0.5, 0.6) is 0 Å². The van der Waals surface area contributed by atoms with Crippen LogP contribution in [0.1, 0.15) is 41.1 Å². The number of fused-ring (bicyclic) bond motifs is 2. The van der Waals surface area contributed by atoms with Crippen molar-refractivity contribution in [1.29, 1.82) is 0 Å². The summed E-state index contributed by atoms with van der Waals surface area (Å²) in [4.78, 5) is 44.7. The summed E-state index contributed by atoms with van der Waals surface area (Å²) in [5, 5.41) is 7.05. The molecule has 3 atom stereocenters. The van der Waals surface area contributed by atoms with E-state index in [0.29, 0.717) is 50.5 Å². The van der Waals surface area contributed by atoms with Crippen LogP contribution in [0.2, 0.25) is 0 Å². The van der Waals surface area contributed by atoms with Crippen LogP contribution in [0.3, 0.4) is 0 Å². The average Bonchev–Trinajstić information content (AvgIpc) is 3.60. The van der Waals surface area contributed by atoms with E-state index in [1.54, 1.807) is 29.8 Å². The van der Waals surface area contributed by atoms with Crippen LogP contribution in [0.15, 0.2) is 40.9 Å². The summed E-state index contributed by atoms with van der Waals surface area (Å²) in [7, 11) is 1.78. The molecule has 1 N–H and O–H groups in total. The molecule has 2 bridgehead atoms. The number of carbonyl (C=O) groups excluding carboxylic acids is 3. The topological polar surface area (TPSA) is 99.0 Å². The van der Waals surface area contributed by atoms with E-state index in [1.165, 1.54) is 0 Å². The van der Waals surface area contributed by atoms with E-state index in [9.17, 15) is 14.4 Å². The van der Waals surface area contributed by atoms with Gasteiger partial charge in [-0.1, -0.05) is 35.5 Å². The molecule has 4 amide bonds. The van der Waals surface area contributed by atoms with Gasteiger partial charge in [-0.05, 0) is 38.2 Å². The van der Waals surface area contributed by atoms with Crippen molar-refractivity contribution >= 4 is 17.8 Å². The Morgan fingerprint density at radius 3 is 2.68 bits per heavy atom. The second kappa shape index (κ2) is 8.77. The fourth-order valence-electron chi connectivity index (χ4n) is 5.95. The van der Waals surface area contributed by atoms with Gasteiger partial charge in [0.1, 0.15) is 5.76 Å². The maximum Gasteiger partial charge on any atom is 0.319 e. The third-order valence-electron chi connectivity index (χ3n) is 7.61. The number of hydrogen-bond donors (Lipinski definition) is 1. The lowest BCUT2D eigenvalue weighted by atomic mass is 9.69. The predicted octanol–water partition coefficient (Wildman–Crippen LogP) is 2.07. The van der Waals surface area contributed by atoms with Crippen LogP contribution in [0.25, 0.3) is 0 Å². The predicted molar refractivity (Wildman–Crippen MR) is 124 cm³/mol. The molecular formula is C25H31N5O4. The summed E-state index contributed by atoms with van der Waals surface area (Å²) in [5.74, 6) is 0.376. The van der Waals surface area contributed by atoms with Crippen LogP contribution in [-0.4, -0.2) is 83.0 Å². The number of aromatic nitrogens is 1. The molecule has 5 rings (SSSR count). The lowest BCUT2D eigenvalue weighted by Gasteiger charge is -2.36. The molecule has 1 aromatic carbocycles. The Hall–Kier alpha value is -3.36. The van der Waals surface area contributed by atoms with Crippen molar-refractivity contribution in [3.8, 4) is 0 Å². The molecular weight excluding hydrogens is 434 g/mol. The Bertz CT molecular complexity index is 1090. The Balaban J connectivity index is 1.36. The smallest absolute Gasteiger partial charge is 0.319 e. The lowest BCUT2D eigenvalue weighted by Crippen LogP contribution is -2.52. The van der Waals surface area contributed by atoms with Crippen LogP contribution in [-0.2, 0) is 11.2 Å². The van der Waals surface area contributed by atoms with Crippen LogP contribution < -0.4 is 5.32 Å². The number of urea groups is 1. The highest BCUT2D eigenvalue weighted by Gasteiger charge is 2.61. The number of rotatable bonds is 7. The minimum absolute atomic E-state index is 0.00206. The van der Waals surface area contributed by atoms with Gasteiger partial charge in [0.05, 0.1) is 5.41 Å². The van der Waals surface area contributed by atoms with Crippen molar-refractivity contribution in [2.24, 2.45) is 5.41 Å². The van der Waals surface area contributed by atoms with E-state index in [-0.39, 0.29) is 29.9 Å². The van der Waals surface area contributed by atoms with Crippen molar-refractivity contribution < 1.29 is 18.9 Å². The highest BCUT2D eigenvalue weighted by molar-refractivity contribution is 5.95. The van der Waals surface area contributed by atoms with Crippen LogP contribution in [0.4, 0.5) is 4.79 Å². The maximum absolute atomic E-state index is 13.8. The van der Waals surface area contributed by atoms with Gasteiger partial charge in [0.2, 0.25) is 5.91 Å².